The first-order chi connectivity index (χ1) is 8.66. The van der Waals surface area contributed by atoms with Crippen LogP contribution in [0.1, 0.15) is 23.2 Å². The molecular formula is C13H11ClN2O2. The molecule has 2 N–H and O–H groups in total. The molecule has 4 nitrogen and oxygen atoms in total. The second-order valence-corrected chi connectivity index (χ2v) is 4.85. The molecule has 0 radical (unpaired) electrons. The molecule has 5 heteroatoms. The third-order valence-corrected chi connectivity index (χ3v) is 3.34. The van der Waals surface area contributed by atoms with Crippen molar-refractivity contribution in [2.75, 3.05) is 0 Å². The van der Waals surface area contributed by atoms with Crippen LogP contribution in [-0.4, -0.2) is 16.9 Å². The normalized spacial score (nSPS) is 14.7. The van der Waals surface area contributed by atoms with Crippen LogP contribution in [0.4, 0.5) is 0 Å². The van der Waals surface area contributed by atoms with Crippen LogP contribution in [0.25, 0.3) is 10.9 Å². The standard InChI is InChI=1S/C13H11ClN2O2/c14-10-3-1-2-8-11(10)15-6-9(12(8)17)13(18)16-7-4-5-7/h1-3,6-7H,4-5H2,(H,15,17)(H,16,18). The van der Waals surface area contributed by atoms with Crippen molar-refractivity contribution >= 4 is 28.4 Å². The molecule has 0 unspecified atom stereocenters. The van der Waals surface area contributed by atoms with E-state index in [1.807, 2.05) is 0 Å². The molecule has 92 valence electrons. The average molecular weight is 263 g/mol. The number of carbonyl (C=O) groups is 1. The zero-order chi connectivity index (χ0) is 12.7. The summed E-state index contributed by atoms with van der Waals surface area (Å²) in [7, 11) is 0. The van der Waals surface area contributed by atoms with Crippen LogP contribution in [-0.2, 0) is 0 Å². The molecule has 3 rings (SSSR count). The van der Waals surface area contributed by atoms with E-state index in [0.29, 0.717) is 15.9 Å². The highest BCUT2D eigenvalue weighted by molar-refractivity contribution is 6.35. The first-order valence-electron chi connectivity index (χ1n) is 5.77. The zero-order valence-corrected chi connectivity index (χ0v) is 10.3. The van der Waals surface area contributed by atoms with Crippen molar-refractivity contribution in [3.05, 3.63) is 45.2 Å². The van der Waals surface area contributed by atoms with Gasteiger partial charge in [0.15, 0.2) is 0 Å². The second-order valence-electron chi connectivity index (χ2n) is 4.44. The van der Waals surface area contributed by atoms with Gasteiger partial charge in [0.25, 0.3) is 5.91 Å². The molecule has 0 aliphatic heterocycles. The van der Waals surface area contributed by atoms with E-state index in [0.717, 1.165) is 12.8 Å². The summed E-state index contributed by atoms with van der Waals surface area (Å²) in [4.78, 5) is 27.0. The number of pyridine rings is 1. The molecule has 1 amide bonds. The lowest BCUT2D eigenvalue weighted by Gasteiger charge is -2.05. The summed E-state index contributed by atoms with van der Waals surface area (Å²) in [6.07, 6.45) is 3.40. The molecule has 1 fully saturated rings. The van der Waals surface area contributed by atoms with Gasteiger partial charge in [-0.15, -0.1) is 0 Å². The number of hydrogen-bond acceptors (Lipinski definition) is 2. The number of carbonyl (C=O) groups excluding carboxylic acids is 1. The first-order valence-corrected chi connectivity index (χ1v) is 6.15. The molecule has 0 spiro atoms. The maximum Gasteiger partial charge on any atom is 0.256 e. The van der Waals surface area contributed by atoms with Gasteiger partial charge in [-0.3, -0.25) is 9.59 Å². The van der Waals surface area contributed by atoms with E-state index >= 15 is 0 Å². The van der Waals surface area contributed by atoms with Gasteiger partial charge in [0.2, 0.25) is 5.43 Å². The number of fused-ring (bicyclic) bond motifs is 1. The number of halogens is 1. The van der Waals surface area contributed by atoms with Gasteiger partial charge in [0.1, 0.15) is 5.56 Å². The van der Waals surface area contributed by atoms with Crippen molar-refractivity contribution in [2.24, 2.45) is 0 Å². The first kappa shape index (κ1) is 11.3. The molecule has 0 atom stereocenters. The monoisotopic (exact) mass is 262 g/mol. The van der Waals surface area contributed by atoms with E-state index in [4.69, 9.17) is 11.6 Å². The Hall–Kier alpha value is -1.81. The van der Waals surface area contributed by atoms with Crippen LogP contribution in [0.3, 0.4) is 0 Å². The van der Waals surface area contributed by atoms with Crippen molar-refractivity contribution in [2.45, 2.75) is 18.9 Å². The van der Waals surface area contributed by atoms with Crippen molar-refractivity contribution in [3.63, 3.8) is 0 Å². The molecule has 0 bridgehead atoms. The Kier molecular flexibility index (Phi) is 2.59. The molecule has 1 saturated carbocycles. The number of aromatic amines is 1. The molecule has 1 aliphatic carbocycles. The van der Waals surface area contributed by atoms with Crippen molar-refractivity contribution in [1.82, 2.24) is 10.3 Å². The number of rotatable bonds is 2. The summed E-state index contributed by atoms with van der Waals surface area (Å²) in [6, 6.07) is 5.28. The minimum Gasteiger partial charge on any atom is -0.359 e. The van der Waals surface area contributed by atoms with E-state index in [2.05, 4.69) is 10.3 Å². The van der Waals surface area contributed by atoms with Crippen LogP contribution in [0.5, 0.6) is 0 Å². The van der Waals surface area contributed by atoms with Crippen LogP contribution < -0.4 is 10.7 Å². The topological polar surface area (TPSA) is 62.0 Å². The fourth-order valence-corrected chi connectivity index (χ4v) is 2.10. The van der Waals surface area contributed by atoms with Gasteiger partial charge in [-0.2, -0.15) is 0 Å². The number of aromatic nitrogens is 1. The Morgan fingerprint density at radius 1 is 1.39 bits per heavy atom. The predicted octanol–water partition coefficient (Wildman–Crippen LogP) is 2.07. The fourth-order valence-electron chi connectivity index (χ4n) is 1.87. The van der Waals surface area contributed by atoms with Crippen LogP contribution in [0.2, 0.25) is 5.02 Å². The highest BCUT2D eigenvalue weighted by atomic mass is 35.5. The molecule has 2 aromatic rings. The third kappa shape index (κ3) is 1.88. The van der Waals surface area contributed by atoms with Gasteiger partial charge in [-0.1, -0.05) is 17.7 Å². The summed E-state index contributed by atoms with van der Waals surface area (Å²) in [5.41, 5.74) is 0.410. The van der Waals surface area contributed by atoms with Gasteiger partial charge in [-0.05, 0) is 25.0 Å². The van der Waals surface area contributed by atoms with E-state index < -0.39 is 0 Å². The molecule has 1 aromatic carbocycles. The van der Waals surface area contributed by atoms with Crippen molar-refractivity contribution in [1.29, 1.82) is 0 Å². The van der Waals surface area contributed by atoms with Gasteiger partial charge in [0, 0.05) is 17.6 Å². The van der Waals surface area contributed by atoms with Crippen LogP contribution in [0.15, 0.2) is 29.2 Å². The SMILES string of the molecule is O=C(NC1CC1)c1c[nH]c2c(Cl)cccc2c1=O. The minimum absolute atomic E-state index is 0.136. The maximum atomic E-state index is 12.2. The molecule has 18 heavy (non-hydrogen) atoms. The van der Waals surface area contributed by atoms with E-state index in [1.165, 1.54) is 6.20 Å². The Morgan fingerprint density at radius 3 is 2.89 bits per heavy atom. The van der Waals surface area contributed by atoms with Gasteiger partial charge < -0.3 is 10.3 Å². The van der Waals surface area contributed by atoms with E-state index in [1.54, 1.807) is 18.2 Å². The fraction of sp³-hybridized carbons (Fsp3) is 0.231. The molecule has 1 aromatic heterocycles. The van der Waals surface area contributed by atoms with Crippen LogP contribution in [0, 0.1) is 0 Å². The number of para-hydroxylation sites is 1. The highest BCUT2D eigenvalue weighted by Crippen LogP contribution is 2.20. The van der Waals surface area contributed by atoms with Crippen LogP contribution >= 0.6 is 11.6 Å². The summed E-state index contributed by atoms with van der Waals surface area (Å²) < 4.78 is 0. The summed E-state index contributed by atoms with van der Waals surface area (Å²) >= 11 is 5.98. The average Bonchev–Trinajstić information content (AvgIpc) is 3.14. The summed E-state index contributed by atoms with van der Waals surface area (Å²) in [5.74, 6) is -0.319. The molecular weight excluding hydrogens is 252 g/mol. The quantitative estimate of drug-likeness (QED) is 0.870. The van der Waals surface area contributed by atoms with E-state index in [9.17, 15) is 9.59 Å². The zero-order valence-electron chi connectivity index (χ0n) is 9.50. The summed E-state index contributed by atoms with van der Waals surface area (Å²) in [6.45, 7) is 0. The lowest BCUT2D eigenvalue weighted by atomic mass is 10.1. The highest BCUT2D eigenvalue weighted by Gasteiger charge is 2.25. The lowest BCUT2D eigenvalue weighted by molar-refractivity contribution is 0.0950. The Bertz CT molecular complexity index is 689. The Balaban J connectivity index is 2.11. The number of hydrogen-bond donors (Lipinski definition) is 2. The van der Waals surface area contributed by atoms with E-state index in [-0.39, 0.29) is 22.9 Å². The molecule has 1 aliphatic rings. The van der Waals surface area contributed by atoms with Gasteiger partial charge in [-0.25, -0.2) is 0 Å². The van der Waals surface area contributed by atoms with Gasteiger partial charge >= 0.3 is 0 Å². The second kappa shape index (κ2) is 4.14. The third-order valence-electron chi connectivity index (χ3n) is 3.02. The predicted molar refractivity (Wildman–Crippen MR) is 70.1 cm³/mol. The Morgan fingerprint density at radius 2 is 2.17 bits per heavy atom. The van der Waals surface area contributed by atoms with Crippen molar-refractivity contribution in [3.8, 4) is 0 Å². The number of amides is 1. The van der Waals surface area contributed by atoms with Crippen molar-refractivity contribution < 1.29 is 4.79 Å². The molecule has 1 heterocycles. The molecule has 0 saturated heterocycles. The number of benzene rings is 1. The number of nitrogens with one attached hydrogen (secondary N) is 2. The smallest absolute Gasteiger partial charge is 0.256 e. The number of H-pyrrole nitrogens is 1. The summed E-state index contributed by atoms with van der Waals surface area (Å²) in [5, 5.41) is 3.71. The van der Waals surface area contributed by atoms with Gasteiger partial charge in [0.05, 0.1) is 10.5 Å². The lowest BCUT2D eigenvalue weighted by Crippen LogP contribution is -2.30. The largest absolute Gasteiger partial charge is 0.359 e. The minimum atomic E-state index is -0.319. The maximum absolute atomic E-state index is 12.2. The Labute approximate surface area is 108 Å².